The summed E-state index contributed by atoms with van der Waals surface area (Å²) in [4.78, 5) is 11.2. The molecule has 0 amide bonds. The first-order chi connectivity index (χ1) is 8.91. The van der Waals surface area contributed by atoms with Crippen molar-refractivity contribution in [2.45, 2.75) is 27.7 Å². The molecule has 2 heteroatoms. The Kier molecular flexibility index (Phi) is 3.43. The molecular formula is C17H18O2. The highest BCUT2D eigenvalue weighted by Gasteiger charge is 2.14. The molecule has 0 unspecified atom stereocenters. The zero-order valence-corrected chi connectivity index (χ0v) is 11.7. The van der Waals surface area contributed by atoms with E-state index in [1.165, 1.54) is 16.7 Å². The van der Waals surface area contributed by atoms with Gasteiger partial charge < -0.3 is 5.11 Å². The first-order valence-electron chi connectivity index (χ1n) is 6.33. The van der Waals surface area contributed by atoms with Crippen LogP contribution in [0.5, 0.6) is 0 Å². The molecule has 0 saturated carbocycles. The number of aromatic carboxylic acids is 1. The third-order valence-electron chi connectivity index (χ3n) is 3.51. The number of hydrogen-bond acceptors (Lipinski definition) is 1. The minimum Gasteiger partial charge on any atom is -0.478 e. The molecule has 0 atom stereocenters. The molecule has 0 saturated heterocycles. The summed E-state index contributed by atoms with van der Waals surface area (Å²) in [6.07, 6.45) is 0. The van der Waals surface area contributed by atoms with Crippen molar-refractivity contribution in [3.05, 3.63) is 58.1 Å². The minimum atomic E-state index is -0.873. The Morgan fingerprint density at radius 1 is 1.00 bits per heavy atom. The average molecular weight is 254 g/mol. The molecule has 0 aromatic heterocycles. The Labute approximate surface area is 113 Å². The van der Waals surface area contributed by atoms with E-state index in [-0.39, 0.29) is 0 Å². The predicted molar refractivity (Wildman–Crippen MR) is 77.8 cm³/mol. The molecule has 0 aliphatic rings. The van der Waals surface area contributed by atoms with Crippen molar-refractivity contribution in [1.82, 2.24) is 0 Å². The first kappa shape index (κ1) is 13.3. The summed E-state index contributed by atoms with van der Waals surface area (Å²) in [5, 5.41) is 9.22. The van der Waals surface area contributed by atoms with Crippen LogP contribution >= 0.6 is 0 Å². The fourth-order valence-corrected chi connectivity index (χ4v) is 2.74. The van der Waals surface area contributed by atoms with E-state index in [1.54, 1.807) is 6.07 Å². The highest BCUT2D eigenvalue weighted by atomic mass is 16.4. The molecule has 2 nitrogen and oxygen atoms in total. The summed E-state index contributed by atoms with van der Waals surface area (Å²) in [7, 11) is 0. The highest BCUT2D eigenvalue weighted by molar-refractivity contribution is 5.92. The van der Waals surface area contributed by atoms with Gasteiger partial charge in [0.05, 0.1) is 5.56 Å². The molecular weight excluding hydrogens is 236 g/mol. The van der Waals surface area contributed by atoms with Crippen LogP contribution in [0.4, 0.5) is 0 Å². The van der Waals surface area contributed by atoms with Crippen LogP contribution in [0.2, 0.25) is 0 Å². The van der Waals surface area contributed by atoms with Gasteiger partial charge in [0.2, 0.25) is 0 Å². The maximum absolute atomic E-state index is 11.2. The Hall–Kier alpha value is -2.09. The molecule has 2 aromatic rings. The standard InChI is InChI=1S/C17H18O2/c1-10-8-11(2)16(12(3)9-10)14-6-5-7-15(13(14)4)17(18)19/h5-9H,1-4H3,(H,18,19). The number of rotatable bonds is 2. The molecule has 0 fully saturated rings. The number of hydrogen-bond donors (Lipinski definition) is 1. The molecule has 0 aliphatic carbocycles. The van der Waals surface area contributed by atoms with Crippen LogP contribution in [0.1, 0.15) is 32.6 Å². The molecule has 19 heavy (non-hydrogen) atoms. The van der Waals surface area contributed by atoms with Crippen molar-refractivity contribution in [2.75, 3.05) is 0 Å². The quantitative estimate of drug-likeness (QED) is 0.868. The summed E-state index contributed by atoms with van der Waals surface area (Å²) >= 11 is 0. The molecule has 0 bridgehead atoms. The van der Waals surface area contributed by atoms with Gasteiger partial charge in [-0.2, -0.15) is 0 Å². The highest BCUT2D eigenvalue weighted by Crippen LogP contribution is 2.32. The maximum atomic E-state index is 11.2. The number of carbonyl (C=O) groups is 1. The Morgan fingerprint density at radius 2 is 1.58 bits per heavy atom. The van der Waals surface area contributed by atoms with E-state index in [0.717, 1.165) is 16.7 Å². The molecule has 1 N–H and O–H groups in total. The lowest BCUT2D eigenvalue weighted by Crippen LogP contribution is -2.02. The summed E-state index contributed by atoms with van der Waals surface area (Å²) in [5.74, 6) is -0.873. The van der Waals surface area contributed by atoms with Crippen LogP contribution in [0.3, 0.4) is 0 Å². The lowest BCUT2D eigenvalue weighted by molar-refractivity contribution is 0.0696. The van der Waals surface area contributed by atoms with Crippen LogP contribution in [-0.4, -0.2) is 11.1 Å². The molecule has 98 valence electrons. The second kappa shape index (κ2) is 4.88. The van der Waals surface area contributed by atoms with Crippen LogP contribution < -0.4 is 0 Å². The Balaban J connectivity index is 2.73. The number of aryl methyl sites for hydroxylation is 3. The van der Waals surface area contributed by atoms with Gasteiger partial charge in [0, 0.05) is 0 Å². The van der Waals surface area contributed by atoms with Crippen LogP contribution in [0.25, 0.3) is 11.1 Å². The monoisotopic (exact) mass is 254 g/mol. The van der Waals surface area contributed by atoms with Crippen molar-refractivity contribution in [3.8, 4) is 11.1 Å². The van der Waals surface area contributed by atoms with Gasteiger partial charge in [-0.15, -0.1) is 0 Å². The second-order valence-corrected chi connectivity index (χ2v) is 5.06. The minimum absolute atomic E-state index is 0.372. The van der Waals surface area contributed by atoms with Gasteiger partial charge in [-0.25, -0.2) is 4.79 Å². The topological polar surface area (TPSA) is 37.3 Å². The molecule has 0 aliphatic heterocycles. The van der Waals surface area contributed by atoms with E-state index in [2.05, 4.69) is 32.9 Å². The van der Waals surface area contributed by atoms with Crippen LogP contribution in [0.15, 0.2) is 30.3 Å². The third kappa shape index (κ3) is 2.39. The molecule has 0 radical (unpaired) electrons. The van der Waals surface area contributed by atoms with E-state index in [1.807, 2.05) is 19.1 Å². The fourth-order valence-electron chi connectivity index (χ4n) is 2.74. The van der Waals surface area contributed by atoms with E-state index in [0.29, 0.717) is 5.56 Å². The van der Waals surface area contributed by atoms with Gasteiger partial charge in [0.1, 0.15) is 0 Å². The van der Waals surface area contributed by atoms with E-state index < -0.39 is 5.97 Å². The van der Waals surface area contributed by atoms with Gasteiger partial charge in [0.25, 0.3) is 0 Å². The van der Waals surface area contributed by atoms with Crippen molar-refractivity contribution in [2.24, 2.45) is 0 Å². The third-order valence-corrected chi connectivity index (χ3v) is 3.51. The smallest absolute Gasteiger partial charge is 0.335 e. The molecule has 2 aromatic carbocycles. The number of benzene rings is 2. The van der Waals surface area contributed by atoms with E-state index in [9.17, 15) is 9.90 Å². The van der Waals surface area contributed by atoms with Crippen LogP contribution in [0, 0.1) is 27.7 Å². The van der Waals surface area contributed by atoms with Gasteiger partial charge in [-0.1, -0.05) is 29.8 Å². The zero-order valence-electron chi connectivity index (χ0n) is 11.7. The summed E-state index contributed by atoms with van der Waals surface area (Å²) in [6.45, 7) is 8.09. The average Bonchev–Trinajstić information content (AvgIpc) is 2.29. The molecule has 0 spiro atoms. The molecule has 2 rings (SSSR count). The van der Waals surface area contributed by atoms with Crippen molar-refractivity contribution in [3.63, 3.8) is 0 Å². The summed E-state index contributed by atoms with van der Waals surface area (Å²) in [5.41, 5.74) is 6.94. The number of carboxylic acid groups (broad SMARTS) is 1. The fraction of sp³-hybridized carbons (Fsp3) is 0.235. The SMILES string of the molecule is Cc1cc(C)c(-c2cccc(C(=O)O)c2C)c(C)c1. The summed E-state index contributed by atoms with van der Waals surface area (Å²) in [6, 6.07) is 9.72. The van der Waals surface area contributed by atoms with E-state index in [4.69, 9.17) is 0 Å². The lowest BCUT2D eigenvalue weighted by Gasteiger charge is -2.15. The first-order valence-corrected chi connectivity index (χ1v) is 6.33. The number of carboxylic acids is 1. The molecule has 0 heterocycles. The largest absolute Gasteiger partial charge is 0.478 e. The predicted octanol–water partition coefficient (Wildman–Crippen LogP) is 4.29. The second-order valence-electron chi connectivity index (χ2n) is 5.06. The zero-order chi connectivity index (χ0) is 14.2. The maximum Gasteiger partial charge on any atom is 0.335 e. The van der Waals surface area contributed by atoms with Crippen molar-refractivity contribution >= 4 is 5.97 Å². The van der Waals surface area contributed by atoms with Gasteiger partial charge >= 0.3 is 5.97 Å². The Morgan fingerprint density at radius 3 is 2.11 bits per heavy atom. The van der Waals surface area contributed by atoms with Crippen LogP contribution in [-0.2, 0) is 0 Å². The van der Waals surface area contributed by atoms with E-state index >= 15 is 0 Å². The van der Waals surface area contributed by atoms with Gasteiger partial charge in [-0.3, -0.25) is 0 Å². The Bertz CT molecular complexity index is 631. The van der Waals surface area contributed by atoms with Gasteiger partial charge in [0.15, 0.2) is 0 Å². The summed E-state index contributed by atoms with van der Waals surface area (Å²) < 4.78 is 0. The normalized spacial score (nSPS) is 10.5. The van der Waals surface area contributed by atoms with Gasteiger partial charge in [-0.05, 0) is 61.6 Å². The lowest BCUT2D eigenvalue weighted by atomic mass is 9.89. The van der Waals surface area contributed by atoms with Crippen molar-refractivity contribution in [1.29, 1.82) is 0 Å². The van der Waals surface area contributed by atoms with Crippen molar-refractivity contribution < 1.29 is 9.90 Å².